The molecule has 0 aromatic carbocycles. The molecule has 0 bridgehead atoms. The summed E-state index contributed by atoms with van der Waals surface area (Å²) in [6, 6.07) is 1.79. The van der Waals surface area contributed by atoms with Crippen LogP contribution in [0.3, 0.4) is 0 Å². The molecule has 33 heavy (non-hydrogen) atoms. The molecule has 6 rings (SSSR count). The summed E-state index contributed by atoms with van der Waals surface area (Å²) in [5.74, 6) is 1.20. The quantitative estimate of drug-likeness (QED) is 0.413. The van der Waals surface area contributed by atoms with Crippen molar-refractivity contribution in [1.82, 2.24) is 0 Å². The summed E-state index contributed by atoms with van der Waals surface area (Å²) >= 11 is 2.12. The number of ketones is 2. The van der Waals surface area contributed by atoms with Crippen LogP contribution in [0.5, 0.6) is 0 Å². The maximum Gasteiger partial charge on any atom is 0.256 e. The van der Waals surface area contributed by atoms with Crippen molar-refractivity contribution in [3.05, 3.63) is 33.3 Å². The number of halogens is 2. The lowest BCUT2D eigenvalue weighted by Crippen LogP contribution is -2.57. The lowest BCUT2D eigenvalue weighted by molar-refractivity contribution is -0.305. The van der Waals surface area contributed by atoms with Gasteiger partial charge in [0.15, 0.2) is 11.9 Å². The van der Waals surface area contributed by atoms with Gasteiger partial charge in [-0.15, -0.1) is 0 Å². The van der Waals surface area contributed by atoms with Crippen LogP contribution < -0.4 is 0 Å². The predicted molar refractivity (Wildman–Crippen MR) is 122 cm³/mol. The largest absolute Gasteiger partial charge is 0.465 e. The Morgan fingerprint density at radius 3 is 2.79 bits per heavy atom. The molecule has 8 heteroatoms. The summed E-state index contributed by atoms with van der Waals surface area (Å²) in [4.78, 5) is 37.0. The van der Waals surface area contributed by atoms with Crippen LogP contribution >= 0.6 is 22.6 Å². The van der Waals surface area contributed by atoms with Crippen LogP contribution in [0.4, 0.5) is 4.39 Å². The summed E-state index contributed by atoms with van der Waals surface area (Å²) in [6.45, 7) is 2.07. The van der Waals surface area contributed by atoms with Crippen LogP contribution in [0.25, 0.3) is 0 Å². The number of furan rings is 1. The molecule has 3 saturated carbocycles. The van der Waals surface area contributed by atoms with Crippen LogP contribution in [0.2, 0.25) is 0 Å². The molecule has 1 aliphatic heterocycles. The zero-order chi connectivity index (χ0) is 23.1. The topological polar surface area (TPSA) is 86.0 Å². The molecule has 1 aromatic rings. The second-order valence-corrected chi connectivity index (χ2v) is 12.0. The SMILES string of the molecule is C[C@]12CC[C@H]3[C@@H](CCC4=CC(=O)CC[C@@H]43)[C@@H]1CC1OOC(c3cc(I)co3)[C@]12C(=O)C(O)F. The first-order valence-electron chi connectivity index (χ1n) is 11.9. The number of allylic oxidation sites excluding steroid dienone is 1. The molecule has 0 spiro atoms. The smallest absolute Gasteiger partial charge is 0.256 e. The van der Waals surface area contributed by atoms with Crippen molar-refractivity contribution >= 4 is 34.2 Å². The minimum absolute atomic E-state index is 0.142. The zero-order valence-electron chi connectivity index (χ0n) is 18.5. The van der Waals surface area contributed by atoms with Gasteiger partial charge in [0.1, 0.15) is 23.5 Å². The Bertz CT molecular complexity index is 1030. The highest BCUT2D eigenvalue weighted by atomic mass is 127. The van der Waals surface area contributed by atoms with Gasteiger partial charge in [-0.1, -0.05) is 12.5 Å². The van der Waals surface area contributed by atoms with Gasteiger partial charge in [-0.3, -0.25) is 9.59 Å². The Kier molecular flexibility index (Phi) is 5.22. The lowest BCUT2D eigenvalue weighted by atomic mass is 9.47. The van der Waals surface area contributed by atoms with Crippen molar-refractivity contribution in [1.29, 1.82) is 0 Å². The molecule has 4 fully saturated rings. The van der Waals surface area contributed by atoms with Crippen molar-refractivity contribution in [2.24, 2.45) is 34.5 Å². The van der Waals surface area contributed by atoms with E-state index in [-0.39, 0.29) is 11.7 Å². The van der Waals surface area contributed by atoms with E-state index in [1.165, 1.54) is 5.57 Å². The number of aliphatic hydroxyl groups excluding tert-OH is 1. The molecule has 6 nitrogen and oxygen atoms in total. The van der Waals surface area contributed by atoms with Crippen molar-refractivity contribution in [3.8, 4) is 0 Å². The van der Waals surface area contributed by atoms with E-state index in [0.29, 0.717) is 42.8 Å². The number of aliphatic hydroxyl groups is 1. The molecule has 178 valence electrons. The fourth-order valence-corrected chi connectivity index (χ4v) is 8.95. The second-order valence-electron chi connectivity index (χ2n) is 10.8. The van der Waals surface area contributed by atoms with E-state index < -0.39 is 35.2 Å². The number of hydrogen-bond donors (Lipinski definition) is 1. The fourth-order valence-electron chi connectivity index (χ4n) is 8.52. The average Bonchev–Trinajstić information content (AvgIpc) is 3.44. The monoisotopic (exact) mass is 570 g/mol. The van der Waals surface area contributed by atoms with Crippen LogP contribution in [-0.2, 0) is 19.4 Å². The first kappa shape index (κ1) is 22.4. The second kappa shape index (κ2) is 7.70. The number of alkyl halides is 1. The molecule has 2 heterocycles. The zero-order valence-corrected chi connectivity index (χ0v) is 20.6. The Hall–Kier alpha value is -1.10. The molecule has 1 aromatic heterocycles. The summed E-state index contributed by atoms with van der Waals surface area (Å²) in [5, 5.41) is 9.91. The summed E-state index contributed by atoms with van der Waals surface area (Å²) in [5.41, 5.74) is -0.660. The van der Waals surface area contributed by atoms with Gasteiger partial charge in [0.25, 0.3) is 6.36 Å². The predicted octanol–water partition coefficient (Wildman–Crippen LogP) is 4.85. The number of carbonyl (C=O) groups is 2. The van der Waals surface area contributed by atoms with Gasteiger partial charge in [0.2, 0.25) is 5.78 Å². The third kappa shape index (κ3) is 2.93. The lowest BCUT2D eigenvalue weighted by Gasteiger charge is -2.56. The fraction of sp³-hybridized carbons (Fsp3) is 0.680. The van der Waals surface area contributed by atoms with Crippen LogP contribution in [0.15, 0.2) is 28.4 Å². The van der Waals surface area contributed by atoms with Gasteiger partial charge in [-0.05, 0) is 102 Å². The average molecular weight is 570 g/mol. The molecule has 5 aliphatic rings. The van der Waals surface area contributed by atoms with E-state index in [4.69, 9.17) is 14.2 Å². The van der Waals surface area contributed by atoms with Crippen LogP contribution in [0, 0.1) is 38.1 Å². The highest BCUT2D eigenvalue weighted by Crippen LogP contribution is 2.74. The standard InChI is InChI=1S/C25H28FIO6/c1-24-7-6-16-15-5-3-14(28)8-12(15)2-4-17(16)18(24)10-20-25(24,21(29)23(26)30)22(33-32-20)19-9-13(27)11-31-19/h8-9,11,15-18,20,22-23,30H,2-7,10H2,1H3/t15-,16+,17+,18-,20?,22?,23?,24-,25+/m0/s1. The van der Waals surface area contributed by atoms with E-state index in [2.05, 4.69) is 29.5 Å². The van der Waals surface area contributed by atoms with Gasteiger partial charge in [-0.25, -0.2) is 14.2 Å². The van der Waals surface area contributed by atoms with Crippen LogP contribution in [-0.4, -0.2) is 29.1 Å². The number of Topliss-reactive ketones (excluding diaryl/α,β-unsaturated/α-hetero) is 1. The Morgan fingerprint density at radius 1 is 1.24 bits per heavy atom. The first-order chi connectivity index (χ1) is 15.8. The Morgan fingerprint density at radius 2 is 2.06 bits per heavy atom. The molecule has 1 saturated heterocycles. The maximum absolute atomic E-state index is 14.4. The molecule has 3 unspecified atom stereocenters. The molecule has 4 aliphatic carbocycles. The van der Waals surface area contributed by atoms with Gasteiger partial charge < -0.3 is 9.52 Å². The third-order valence-electron chi connectivity index (χ3n) is 9.76. The van der Waals surface area contributed by atoms with E-state index in [9.17, 15) is 19.1 Å². The van der Waals surface area contributed by atoms with E-state index in [1.54, 1.807) is 12.3 Å². The summed E-state index contributed by atoms with van der Waals surface area (Å²) < 4.78 is 21.0. The van der Waals surface area contributed by atoms with Crippen molar-refractivity contribution in [2.75, 3.05) is 0 Å². The van der Waals surface area contributed by atoms with Crippen molar-refractivity contribution < 1.29 is 33.3 Å². The maximum atomic E-state index is 14.4. The van der Waals surface area contributed by atoms with E-state index >= 15 is 0 Å². The normalized spacial score (nSPS) is 45.0. The molecule has 0 radical (unpaired) electrons. The summed E-state index contributed by atoms with van der Waals surface area (Å²) in [7, 11) is 0. The Balaban J connectivity index is 1.43. The highest BCUT2D eigenvalue weighted by molar-refractivity contribution is 14.1. The summed E-state index contributed by atoms with van der Waals surface area (Å²) in [6.07, 6.45) is 4.88. The first-order valence-corrected chi connectivity index (χ1v) is 13.0. The number of hydrogen-bond acceptors (Lipinski definition) is 6. The number of rotatable bonds is 3. The Labute approximate surface area is 205 Å². The number of fused-ring (bicyclic) bond motifs is 7. The minimum Gasteiger partial charge on any atom is -0.465 e. The van der Waals surface area contributed by atoms with Crippen LogP contribution in [0.1, 0.15) is 63.7 Å². The molecular formula is C25H28FIO6. The minimum atomic E-state index is -2.60. The van der Waals surface area contributed by atoms with Gasteiger partial charge in [0, 0.05) is 6.42 Å². The van der Waals surface area contributed by atoms with Gasteiger partial charge in [0.05, 0.1) is 3.57 Å². The van der Waals surface area contributed by atoms with E-state index in [1.807, 2.05) is 6.08 Å². The van der Waals surface area contributed by atoms with Crippen molar-refractivity contribution in [3.63, 3.8) is 0 Å². The molecule has 0 amide bonds. The molecule has 1 N–H and O–H groups in total. The third-order valence-corrected chi connectivity index (χ3v) is 10.3. The van der Waals surface area contributed by atoms with Crippen molar-refractivity contribution in [2.45, 2.75) is 70.4 Å². The molecule has 9 atom stereocenters. The number of carbonyl (C=O) groups excluding carboxylic acids is 2. The molecular weight excluding hydrogens is 542 g/mol. The van der Waals surface area contributed by atoms with Gasteiger partial charge in [-0.2, -0.15) is 0 Å². The van der Waals surface area contributed by atoms with Gasteiger partial charge >= 0.3 is 0 Å². The van der Waals surface area contributed by atoms with E-state index in [0.717, 1.165) is 29.3 Å². The highest BCUT2D eigenvalue weighted by Gasteiger charge is 2.77.